The van der Waals surface area contributed by atoms with Crippen molar-refractivity contribution in [1.82, 2.24) is 0 Å². The standard InChI is InChI=1S/C25H38O3/c1-16(5-10-23(27)28-4)20-8-9-21-19-7-6-17-15-18(26)11-13-24(17,2)22(19)12-14-25(20,21)3/h12,14,16-17,19-22H,5-11,13,15H2,1-4H3. The number of carbonyl (C=O) groups is 2. The topological polar surface area (TPSA) is 43.4 Å². The minimum Gasteiger partial charge on any atom is -0.469 e. The van der Waals surface area contributed by atoms with Gasteiger partial charge in [-0.3, -0.25) is 9.59 Å². The molecule has 3 nitrogen and oxygen atoms in total. The van der Waals surface area contributed by atoms with Gasteiger partial charge < -0.3 is 4.74 Å². The molecule has 0 aromatic rings. The van der Waals surface area contributed by atoms with Gasteiger partial charge in [-0.2, -0.15) is 0 Å². The Morgan fingerprint density at radius 2 is 2.04 bits per heavy atom. The van der Waals surface area contributed by atoms with Crippen molar-refractivity contribution in [2.75, 3.05) is 7.11 Å². The molecule has 3 saturated carbocycles. The second kappa shape index (κ2) is 7.29. The van der Waals surface area contributed by atoms with Crippen molar-refractivity contribution in [2.24, 2.45) is 46.3 Å². The normalized spacial score (nSPS) is 45.7. The molecule has 156 valence electrons. The van der Waals surface area contributed by atoms with E-state index >= 15 is 0 Å². The van der Waals surface area contributed by atoms with E-state index in [1.165, 1.54) is 32.8 Å². The Morgan fingerprint density at radius 1 is 1.25 bits per heavy atom. The fourth-order valence-electron chi connectivity index (χ4n) is 8.01. The van der Waals surface area contributed by atoms with Gasteiger partial charge in [0.15, 0.2) is 0 Å². The third-order valence-corrected chi connectivity index (χ3v) is 9.70. The number of allylic oxidation sites excluding steroid dienone is 2. The number of ether oxygens (including phenoxy) is 1. The molecule has 28 heavy (non-hydrogen) atoms. The average molecular weight is 387 g/mol. The molecule has 0 spiro atoms. The predicted octanol–water partition coefficient (Wildman–Crippen LogP) is 5.58. The summed E-state index contributed by atoms with van der Waals surface area (Å²) in [6.07, 6.45) is 14.5. The van der Waals surface area contributed by atoms with Crippen LogP contribution in [0, 0.1) is 46.3 Å². The number of Topliss-reactive ketones (excluding diaryl/α,β-unsaturated/α-hetero) is 1. The minimum atomic E-state index is -0.0797. The Labute approximate surface area is 170 Å². The molecular weight excluding hydrogens is 348 g/mol. The molecule has 8 atom stereocenters. The summed E-state index contributed by atoms with van der Waals surface area (Å²) in [5, 5.41) is 0. The molecule has 0 amide bonds. The van der Waals surface area contributed by atoms with Gasteiger partial charge in [-0.05, 0) is 84.9 Å². The van der Waals surface area contributed by atoms with E-state index in [4.69, 9.17) is 4.74 Å². The Bertz CT molecular complexity index is 667. The summed E-state index contributed by atoms with van der Waals surface area (Å²) in [6.45, 7) is 7.32. The van der Waals surface area contributed by atoms with E-state index in [1.807, 2.05) is 0 Å². The summed E-state index contributed by atoms with van der Waals surface area (Å²) < 4.78 is 4.86. The van der Waals surface area contributed by atoms with Gasteiger partial charge in [0.25, 0.3) is 0 Å². The molecule has 8 unspecified atom stereocenters. The summed E-state index contributed by atoms with van der Waals surface area (Å²) in [6, 6.07) is 0. The van der Waals surface area contributed by atoms with E-state index in [0.29, 0.717) is 41.3 Å². The lowest BCUT2D eigenvalue weighted by Gasteiger charge is -2.58. The maximum absolute atomic E-state index is 12.1. The molecule has 0 aromatic carbocycles. The number of carbonyl (C=O) groups excluding carboxylic acids is 2. The van der Waals surface area contributed by atoms with E-state index in [-0.39, 0.29) is 11.4 Å². The molecule has 0 heterocycles. The molecule has 3 heteroatoms. The number of fused-ring (bicyclic) bond motifs is 5. The fraction of sp³-hybridized carbons (Fsp3) is 0.840. The molecular formula is C25H38O3. The van der Waals surface area contributed by atoms with Gasteiger partial charge in [0, 0.05) is 19.3 Å². The summed E-state index contributed by atoms with van der Waals surface area (Å²) >= 11 is 0. The number of hydrogen-bond acceptors (Lipinski definition) is 3. The van der Waals surface area contributed by atoms with Crippen LogP contribution in [0.3, 0.4) is 0 Å². The van der Waals surface area contributed by atoms with Crippen LogP contribution >= 0.6 is 0 Å². The van der Waals surface area contributed by atoms with E-state index in [9.17, 15) is 9.59 Å². The van der Waals surface area contributed by atoms with E-state index in [2.05, 4.69) is 32.9 Å². The van der Waals surface area contributed by atoms with E-state index in [1.54, 1.807) is 0 Å². The first kappa shape index (κ1) is 20.2. The van der Waals surface area contributed by atoms with Gasteiger partial charge in [-0.25, -0.2) is 0 Å². The molecule has 0 N–H and O–H groups in total. The first-order valence-corrected chi connectivity index (χ1v) is 11.6. The van der Waals surface area contributed by atoms with Crippen LogP contribution < -0.4 is 0 Å². The quantitative estimate of drug-likeness (QED) is 0.468. The molecule has 4 aliphatic carbocycles. The zero-order valence-electron chi connectivity index (χ0n) is 18.2. The fourth-order valence-corrected chi connectivity index (χ4v) is 8.01. The van der Waals surface area contributed by atoms with Gasteiger partial charge in [0.2, 0.25) is 0 Å². The molecule has 4 rings (SSSR count). The Hall–Kier alpha value is -1.12. The maximum Gasteiger partial charge on any atom is 0.305 e. The van der Waals surface area contributed by atoms with Crippen molar-refractivity contribution >= 4 is 11.8 Å². The van der Waals surface area contributed by atoms with Crippen LogP contribution in [0.2, 0.25) is 0 Å². The highest BCUT2D eigenvalue weighted by molar-refractivity contribution is 5.79. The Morgan fingerprint density at radius 3 is 2.79 bits per heavy atom. The monoisotopic (exact) mass is 386 g/mol. The number of methoxy groups -OCH3 is 1. The third-order valence-electron chi connectivity index (χ3n) is 9.70. The minimum absolute atomic E-state index is 0.0797. The number of ketones is 1. The zero-order valence-corrected chi connectivity index (χ0v) is 18.2. The van der Waals surface area contributed by atoms with Crippen LogP contribution in [0.1, 0.15) is 78.6 Å². The summed E-state index contributed by atoms with van der Waals surface area (Å²) in [7, 11) is 1.49. The maximum atomic E-state index is 12.1. The van der Waals surface area contributed by atoms with Crippen LogP contribution in [0.15, 0.2) is 12.2 Å². The van der Waals surface area contributed by atoms with Gasteiger partial charge in [0.1, 0.15) is 5.78 Å². The second-order valence-electron chi connectivity index (χ2n) is 10.8. The zero-order chi connectivity index (χ0) is 20.1. The van der Waals surface area contributed by atoms with Crippen molar-refractivity contribution < 1.29 is 14.3 Å². The summed E-state index contributed by atoms with van der Waals surface area (Å²) in [5.74, 6) is 4.43. The summed E-state index contributed by atoms with van der Waals surface area (Å²) in [4.78, 5) is 23.7. The largest absolute Gasteiger partial charge is 0.469 e. The lowest BCUT2D eigenvalue weighted by atomic mass is 9.46. The Kier molecular flexibility index (Phi) is 5.25. The Balaban J connectivity index is 1.54. The molecule has 4 aliphatic rings. The highest BCUT2D eigenvalue weighted by Crippen LogP contribution is 2.65. The lowest BCUT2D eigenvalue weighted by molar-refractivity contribution is -0.141. The summed E-state index contributed by atoms with van der Waals surface area (Å²) in [5.41, 5.74) is 0.591. The number of hydrogen-bond donors (Lipinski definition) is 0. The van der Waals surface area contributed by atoms with Crippen molar-refractivity contribution in [3.63, 3.8) is 0 Å². The number of rotatable bonds is 4. The molecule has 0 saturated heterocycles. The molecule has 0 bridgehead atoms. The number of esters is 1. The smallest absolute Gasteiger partial charge is 0.305 e. The van der Waals surface area contributed by atoms with Crippen molar-refractivity contribution in [1.29, 1.82) is 0 Å². The van der Waals surface area contributed by atoms with Gasteiger partial charge in [-0.15, -0.1) is 0 Å². The first-order chi connectivity index (χ1) is 13.3. The van der Waals surface area contributed by atoms with Gasteiger partial charge in [-0.1, -0.05) is 32.9 Å². The SMILES string of the molecule is COC(=O)CCC(C)C1CCC2C3CCC4CC(=O)CCC4(C)C3C=CC12C. The molecule has 0 aliphatic heterocycles. The average Bonchev–Trinajstić information content (AvgIpc) is 3.03. The van der Waals surface area contributed by atoms with Crippen LogP contribution in [0.4, 0.5) is 0 Å². The molecule has 3 fully saturated rings. The van der Waals surface area contributed by atoms with Gasteiger partial charge >= 0.3 is 5.97 Å². The van der Waals surface area contributed by atoms with E-state index < -0.39 is 0 Å². The first-order valence-electron chi connectivity index (χ1n) is 11.6. The molecule has 0 aromatic heterocycles. The predicted molar refractivity (Wildman–Crippen MR) is 111 cm³/mol. The molecule has 0 radical (unpaired) electrons. The van der Waals surface area contributed by atoms with Crippen LogP contribution in [-0.2, 0) is 14.3 Å². The van der Waals surface area contributed by atoms with Crippen molar-refractivity contribution in [2.45, 2.75) is 78.6 Å². The van der Waals surface area contributed by atoms with Crippen LogP contribution in [-0.4, -0.2) is 18.9 Å². The highest BCUT2D eigenvalue weighted by atomic mass is 16.5. The van der Waals surface area contributed by atoms with Gasteiger partial charge in [0.05, 0.1) is 7.11 Å². The third kappa shape index (κ3) is 3.08. The van der Waals surface area contributed by atoms with E-state index in [0.717, 1.165) is 37.5 Å². The highest BCUT2D eigenvalue weighted by Gasteiger charge is 2.58. The van der Waals surface area contributed by atoms with Crippen LogP contribution in [0.25, 0.3) is 0 Å². The lowest BCUT2D eigenvalue weighted by Crippen LogP contribution is -2.51. The van der Waals surface area contributed by atoms with Crippen molar-refractivity contribution in [3.8, 4) is 0 Å². The van der Waals surface area contributed by atoms with Crippen LogP contribution in [0.5, 0.6) is 0 Å². The second-order valence-corrected chi connectivity index (χ2v) is 10.8. The van der Waals surface area contributed by atoms with Crippen molar-refractivity contribution in [3.05, 3.63) is 12.2 Å².